The quantitative estimate of drug-likeness (QED) is 0.749. The number of hydrogen-bond donors (Lipinski definition) is 2. The first-order valence-corrected chi connectivity index (χ1v) is 12.6. The van der Waals surface area contributed by atoms with E-state index in [4.69, 9.17) is 9.47 Å². The topological polar surface area (TPSA) is 62.2 Å². The number of likely N-dealkylation sites (tertiary alicyclic amines) is 1. The minimum Gasteiger partial charge on any atom is -0.493 e. The molecule has 1 aromatic rings. The van der Waals surface area contributed by atoms with Gasteiger partial charge in [0.1, 0.15) is 6.10 Å². The van der Waals surface area contributed by atoms with E-state index >= 15 is 0 Å². The SMILES string of the molecule is COc1ccc2c3c1O[C@@H]1[C@H](O)[C@@H]([C@](C)(O)C(C)(C)C)CC4[C@@H](C2)N(CC2CC2)CC[C@@]341. The molecule has 2 aliphatic heterocycles. The summed E-state index contributed by atoms with van der Waals surface area (Å²) in [6.07, 6.45) is 4.58. The van der Waals surface area contributed by atoms with Gasteiger partial charge in [-0.15, -0.1) is 0 Å². The Balaban J connectivity index is 1.50. The lowest BCUT2D eigenvalue weighted by molar-refractivity contribution is -0.198. The minimum absolute atomic E-state index is 0.175. The van der Waals surface area contributed by atoms with Gasteiger partial charge in [-0.05, 0) is 74.5 Å². The lowest BCUT2D eigenvalue weighted by Crippen LogP contribution is -2.71. The molecule has 2 saturated carbocycles. The Morgan fingerprint density at radius 3 is 2.62 bits per heavy atom. The number of aliphatic hydroxyl groups is 2. The second-order valence-corrected chi connectivity index (χ2v) is 12.5. The van der Waals surface area contributed by atoms with Crippen LogP contribution in [-0.4, -0.2) is 59.2 Å². The standard InChI is InChI=1S/C27H39NO4/c1-25(2,3)26(4,30)18-13-17-19-12-16-8-9-20(31-5)23-21(16)27(17,24(32-23)22(18)29)10-11-28(19)14-15-6-7-15/h8-9,15,17-19,22,24,29-30H,6-7,10-14H2,1-5H3/t17?,18-,19+,22+,24+,26-,27-/m0/s1. The second kappa shape index (κ2) is 6.64. The molecule has 2 N–H and O–H groups in total. The molecule has 1 aromatic carbocycles. The van der Waals surface area contributed by atoms with Crippen molar-refractivity contribution in [2.75, 3.05) is 20.2 Å². The number of nitrogens with zero attached hydrogens (tertiary/aromatic N) is 1. The van der Waals surface area contributed by atoms with E-state index in [2.05, 4.69) is 31.7 Å². The van der Waals surface area contributed by atoms with Gasteiger partial charge in [-0.25, -0.2) is 0 Å². The van der Waals surface area contributed by atoms with E-state index in [9.17, 15) is 10.2 Å². The van der Waals surface area contributed by atoms with Crippen molar-refractivity contribution in [2.45, 2.75) is 89.1 Å². The summed E-state index contributed by atoms with van der Waals surface area (Å²) in [4.78, 5) is 2.75. The summed E-state index contributed by atoms with van der Waals surface area (Å²) in [6.45, 7) is 10.4. The average Bonchev–Trinajstić information content (AvgIpc) is 3.48. The number of rotatable bonds is 4. The highest BCUT2D eigenvalue weighted by Gasteiger charge is 2.69. The number of ether oxygens (including phenoxy) is 2. The summed E-state index contributed by atoms with van der Waals surface area (Å²) < 4.78 is 12.4. The zero-order valence-corrected chi connectivity index (χ0v) is 20.2. The molecule has 1 saturated heterocycles. The van der Waals surface area contributed by atoms with E-state index in [1.165, 1.54) is 30.5 Å². The van der Waals surface area contributed by atoms with Crippen LogP contribution in [0.25, 0.3) is 0 Å². The van der Waals surface area contributed by atoms with Crippen LogP contribution >= 0.6 is 0 Å². The van der Waals surface area contributed by atoms with Crippen LogP contribution in [0.3, 0.4) is 0 Å². The molecular weight excluding hydrogens is 402 g/mol. The minimum atomic E-state index is -0.994. The van der Waals surface area contributed by atoms with E-state index in [1.54, 1.807) is 7.11 Å². The van der Waals surface area contributed by atoms with E-state index in [0.29, 0.717) is 12.0 Å². The molecule has 1 unspecified atom stereocenters. The van der Waals surface area contributed by atoms with Gasteiger partial charge in [-0.3, -0.25) is 4.90 Å². The summed E-state index contributed by atoms with van der Waals surface area (Å²) in [6, 6.07) is 4.73. The van der Waals surface area contributed by atoms with E-state index < -0.39 is 11.7 Å². The van der Waals surface area contributed by atoms with Gasteiger partial charge in [0, 0.05) is 29.5 Å². The summed E-state index contributed by atoms with van der Waals surface area (Å²) in [5.41, 5.74) is 1.17. The van der Waals surface area contributed by atoms with Crippen LogP contribution in [0, 0.1) is 23.2 Å². The molecular formula is C27H39NO4. The van der Waals surface area contributed by atoms with Crippen LogP contribution in [0.15, 0.2) is 12.1 Å². The fourth-order valence-corrected chi connectivity index (χ4v) is 7.72. The van der Waals surface area contributed by atoms with Crippen molar-refractivity contribution in [3.8, 4) is 11.5 Å². The maximum Gasteiger partial charge on any atom is 0.165 e. The predicted octanol–water partition coefficient (Wildman–Crippen LogP) is 3.53. The molecule has 3 aliphatic carbocycles. The van der Waals surface area contributed by atoms with Crippen molar-refractivity contribution in [3.05, 3.63) is 23.3 Å². The lowest BCUT2D eigenvalue weighted by Gasteiger charge is -2.62. The van der Waals surface area contributed by atoms with Crippen molar-refractivity contribution in [1.82, 2.24) is 4.90 Å². The van der Waals surface area contributed by atoms with Crippen molar-refractivity contribution < 1.29 is 19.7 Å². The predicted molar refractivity (Wildman–Crippen MR) is 123 cm³/mol. The molecule has 6 rings (SSSR count). The Hall–Kier alpha value is -1.30. The fraction of sp³-hybridized carbons (Fsp3) is 0.778. The van der Waals surface area contributed by atoms with Crippen LogP contribution in [0.2, 0.25) is 0 Å². The van der Waals surface area contributed by atoms with Crippen LogP contribution in [-0.2, 0) is 11.8 Å². The molecule has 0 aromatic heterocycles. The van der Waals surface area contributed by atoms with Crippen LogP contribution < -0.4 is 9.47 Å². The molecule has 7 atom stereocenters. The van der Waals surface area contributed by atoms with Crippen molar-refractivity contribution in [3.63, 3.8) is 0 Å². The number of benzene rings is 1. The molecule has 32 heavy (non-hydrogen) atoms. The second-order valence-electron chi connectivity index (χ2n) is 12.5. The first-order chi connectivity index (χ1) is 15.1. The van der Waals surface area contributed by atoms with Gasteiger partial charge >= 0.3 is 0 Å². The number of aliphatic hydroxyl groups excluding tert-OH is 1. The van der Waals surface area contributed by atoms with Gasteiger partial charge in [-0.1, -0.05) is 26.8 Å². The molecule has 176 valence electrons. The molecule has 5 nitrogen and oxygen atoms in total. The Labute approximate surface area is 192 Å². The van der Waals surface area contributed by atoms with Crippen molar-refractivity contribution in [1.29, 1.82) is 0 Å². The third-order valence-corrected chi connectivity index (χ3v) is 10.1. The fourth-order valence-electron chi connectivity index (χ4n) is 7.72. The maximum atomic E-state index is 11.8. The van der Waals surface area contributed by atoms with Crippen LogP contribution in [0.1, 0.15) is 64.5 Å². The summed E-state index contributed by atoms with van der Waals surface area (Å²) in [5, 5.41) is 23.5. The first-order valence-electron chi connectivity index (χ1n) is 12.6. The van der Waals surface area contributed by atoms with Crippen LogP contribution in [0.5, 0.6) is 11.5 Å². The number of hydrogen-bond acceptors (Lipinski definition) is 5. The van der Waals surface area contributed by atoms with Crippen LogP contribution in [0.4, 0.5) is 0 Å². The maximum absolute atomic E-state index is 11.8. The molecule has 3 fully saturated rings. The van der Waals surface area contributed by atoms with Gasteiger partial charge < -0.3 is 19.7 Å². The van der Waals surface area contributed by atoms with Gasteiger partial charge in [0.05, 0.1) is 18.8 Å². The Kier molecular flexibility index (Phi) is 4.41. The summed E-state index contributed by atoms with van der Waals surface area (Å²) in [5.74, 6) is 2.63. The van der Waals surface area contributed by atoms with E-state index in [-0.39, 0.29) is 22.9 Å². The molecule has 1 spiro atoms. The monoisotopic (exact) mass is 441 g/mol. The Morgan fingerprint density at radius 2 is 1.97 bits per heavy atom. The van der Waals surface area contributed by atoms with Gasteiger partial charge in [-0.2, -0.15) is 0 Å². The highest BCUT2D eigenvalue weighted by Crippen LogP contribution is 2.66. The molecule has 0 amide bonds. The molecule has 0 radical (unpaired) electrons. The summed E-state index contributed by atoms with van der Waals surface area (Å²) >= 11 is 0. The van der Waals surface area contributed by atoms with Crippen molar-refractivity contribution in [2.24, 2.45) is 23.2 Å². The van der Waals surface area contributed by atoms with E-state index in [1.807, 2.05) is 13.0 Å². The highest BCUT2D eigenvalue weighted by molar-refractivity contribution is 5.61. The highest BCUT2D eigenvalue weighted by atomic mass is 16.5. The Bertz CT molecular complexity index is 932. The third kappa shape index (κ3) is 2.62. The zero-order valence-electron chi connectivity index (χ0n) is 20.2. The number of piperidine rings is 1. The van der Waals surface area contributed by atoms with Gasteiger partial charge in [0.2, 0.25) is 0 Å². The lowest BCUT2D eigenvalue weighted by atomic mass is 9.47. The van der Waals surface area contributed by atoms with Gasteiger partial charge in [0.25, 0.3) is 0 Å². The normalized spacial score (nSPS) is 39.8. The molecule has 5 heteroatoms. The van der Waals surface area contributed by atoms with E-state index in [0.717, 1.165) is 43.2 Å². The molecule has 2 bridgehead atoms. The largest absolute Gasteiger partial charge is 0.493 e. The smallest absolute Gasteiger partial charge is 0.165 e. The average molecular weight is 442 g/mol. The van der Waals surface area contributed by atoms with Gasteiger partial charge in [0.15, 0.2) is 11.5 Å². The third-order valence-electron chi connectivity index (χ3n) is 10.1. The molecule has 2 heterocycles. The molecule has 5 aliphatic rings. The first kappa shape index (κ1) is 21.2. The Morgan fingerprint density at radius 1 is 1.22 bits per heavy atom. The number of methoxy groups -OCH3 is 1. The summed E-state index contributed by atoms with van der Waals surface area (Å²) in [7, 11) is 1.70. The zero-order chi connectivity index (χ0) is 22.6. The van der Waals surface area contributed by atoms with Crippen molar-refractivity contribution >= 4 is 0 Å².